The number of hydrogen-bond donors (Lipinski definition) is 3. The minimum absolute atomic E-state index is 0.0514. The van der Waals surface area contributed by atoms with Crippen molar-refractivity contribution in [3.8, 4) is 0 Å². The SMILES string of the molecule is CC(C)c1cc(C(C)C)c(S(=O)(=O)Nc2ccc(/C=C/C(=O)NO)cc2)cc1C(C)C. The van der Waals surface area contributed by atoms with Gasteiger partial charge in [0.25, 0.3) is 15.9 Å². The van der Waals surface area contributed by atoms with Gasteiger partial charge in [0.2, 0.25) is 0 Å². The highest BCUT2D eigenvalue weighted by molar-refractivity contribution is 7.92. The zero-order chi connectivity index (χ0) is 23.3. The Bertz CT molecular complexity index is 1050. The lowest BCUT2D eigenvalue weighted by atomic mass is 9.87. The van der Waals surface area contributed by atoms with E-state index in [0.717, 1.165) is 11.1 Å². The smallest absolute Gasteiger partial charge is 0.267 e. The van der Waals surface area contributed by atoms with Crippen molar-refractivity contribution >= 4 is 27.7 Å². The molecule has 168 valence electrons. The number of benzene rings is 2. The minimum Gasteiger partial charge on any atom is -0.288 e. The average molecular weight is 445 g/mol. The Morgan fingerprint density at radius 2 is 1.39 bits per heavy atom. The topological polar surface area (TPSA) is 95.5 Å². The fourth-order valence-electron chi connectivity index (χ4n) is 3.40. The molecule has 0 unspecified atom stereocenters. The molecule has 7 heteroatoms. The van der Waals surface area contributed by atoms with Gasteiger partial charge in [-0.05, 0) is 64.3 Å². The molecule has 2 aromatic rings. The summed E-state index contributed by atoms with van der Waals surface area (Å²) < 4.78 is 29.3. The van der Waals surface area contributed by atoms with Gasteiger partial charge in [0.15, 0.2) is 0 Å². The highest BCUT2D eigenvalue weighted by Crippen LogP contribution is 2.35. The second-order valence-corrected chi connectivity index (χ2v) is 10.2. The maximum Gasteiger partial charge on any atom is 0.267 e. The zero-order valence-electron chi connectivity index (χ0n) is 18.9. The summed E-state index contributed by atoms with van der Waals surface area (Å²) in [6.45, 7) is 12.4. The third kappa shape index (κ3) is 6.18. The Morgan fingerprint density at radius 1 is 0.871 bits per heavy atom. The lowest BCUT2D eigenvalue weighted by Gasteiger charge is -2.22. The molecule has 0 atom stereocenters. The van der Waals surface area contributed by atoms with Gasteiger partial charge in [0.1, 0.15) is 0 Å². The van der Waals surface area contributed by atoms with Crippen molar-refractivity contribution in [3.05, 3.63) is 64.7 Å². The van der Waals surface area contributed by atoms with E-state index in [0.29, 0.717) is 22.1 Å². The molecule has 0 aliphatic rings. The maximum atomic E-state index is 13.3. The number of nitrogens with one attached hydrogen (secondary N) is 2. The van der Waals surface area contributed by atoms with Crippen LogP contribution in [-0.4, -0.2) is 19.5 Å². The van der Waals surface area contributed by atoms with Crippen LogP contribution in [0.5, 0.6) is 0 Å². The molecular weight excluding hydrogens is 412 g/mol. The van der Waals surface area contributed by atoms with E-state index in [2.05, 4.69) is 32.4 Å². The maximum absolute atomic E-state index is 13.3. The summed E-state index contributed by atoms with van der Waals surface area (Å²) >= 11 is 0. The van der Waals surface area contributed by atoms with Gasteiger partial charge in [0.05, 0.1) is 4.90 Å². The van der Waals surface area contributed by atoms with Crippen LogP contribution in [0.25, 0.3) is 6.08 Å². The summed E-state index contributed by atoms with van der Waals surface area (Å²) in [5.74, 6) is -0.0878. The zero-order valence-corrected chi connectivity index (χ0v) is 19.7. The van der Waals surface area contributed by atoms with Crippen molar-refractivity contribution in [3.63, 3.8) is 0 Å². The second kappa shape index (κ2) is 10.1. The lowest BCUT2D eigenvalue weighted by molar-refractivity contribution is -0.124. The van der Waals surface area contributed by atoms with Crippen molar-refractivity contribution < 1.29 is 18.4 Å². The van der Waals surface area contributed by atoms with E-state index in [1.165, 1.54) is 23.2 Å². The van der Waals surface area contributed by atoms with E-state index in [1.54, 1.807) is 24.3 Å². The van der Waals surface area contributed by atoms with Gasteiger partial charge in [-0.3, -0.25) is 14.7 Å². The van der Waals surface area contributed by atoms with Crippen molar-refractivity contribution in [2.24, 2.45) is 0 Å². The van der Waals surface area contributed by atoms with Crippen LogP contribution in [0, 0.1) is 0 Å². The molecule has 0 heterocycles. The molecule has 0 aromatic heterocycles. The fraction of sp³-hybridized carbons (Fsp3) is 0.375. The third-order valence-electron chi connectivity index (χ3n) is 5.07. The van der Waals surface area contributed by atoms with Gasteiger partial charge < -0.3 is 0 Å². The summed E-state index contributed by atoms with van der Waals surface area (Å²) in [6, 6.07) is 10.5. The number of hydroxylamine groups is 1. The van der Waals surface area contributed by atoms with E-state index in [-0.39, 0.29) is 11.8 Å². The molecule has 0 saturated heterocycles. The van der Waals surface area contributed by atoms with Crippen molar-refractivity contribution in [2.75, 3.05) is 4.72 Å². The predicted molar refractivity (Wildman–Crippen MR) is 125 cm³/mol. The number of sulfonamides is 1. The highest BCUT2D eigenvalue weighted by atomic mass is 32.2. The Hall–Kier alpha value is -2.64. The van der Waals surface area contributed by atoms with Crippen molar-refractivity contribution in [2.45, 2.75) is 64.2 Å². The molecule has 0 aliphatic carbocycles. The van der Waals surface area contributed by atoms with Gasteiger partial charge >= 0.3 is 0 Å². The summed E-state index contributed by atoms with van der Waals surface area (Å²) in [7, 11) is -3.80. The van der Waals surface area contributed by atoms with Crippen LogP contribution in [0.3, 0.4) is 0 Å². The number of rotatable bonds is 8. The van der Waals surface area contributed by atoms with Gasteiger partial charge in [0, 0.05) is 11.8 Å². The van der Waals surface area contributed by atoms with E-state index < -0.39 is 15.9 Å². The number of anilines is 1. The van der Waals surface area contributed by atoms with Crippen LogP contribution in [0.2, 0.25) is 0 Å². The third-order valence-corrected chi connectivity index (χ3v) is 6.51. The summed E-state index contributed by atoms with van der Waals surface area (Å²) in [4.78, 5) is 11.4. The van der Waals surface area contributed by atoms with Gasteiger partial charge in [-0.25, -0.2) is 13.9 Å². The quantitative estimate of drug-likeness (QED) is 0.289. The Balaban J connectivity index is 2.44. The van der Waals surface area contributed by atoms with Crippen LogP contribution in [0.4, 0.5) is 5.69 Å². The van der Waals surface area contributed by atoms with Crippen LogP contribution in [0.15, 0.2) is 47.4 Å². The van der Waals surface area contributed by atoms with Crippen LogP contribution >= 0.6 is 0 Å². The highest BCUT2D eigenvalue weighted by Gasteiger charge is 2.24. The number of amides is 1. The van der Waals surface area contributed by atoms with Crippen LogP contribution in [-0.2, 0) is 14.8 Å². The standard InChI is InChI=1S/C24H32N2O4S/c1-15(2)20-13-22(17(5)6)23(14-21(20)16(3)4)31(29,30)26-19-10-7-18(8-11-19)9-12-24(27)25-28/h7-17,26,28H,1-6H3,(H,25,27)/b12-9+. The molecule has 0 aliphatic heterocycles. The largest absolute Gasteiger partial charge is 0.288 e. The monoisotopic (exact) mass is 444 g/mol. The van der Waals surface area contributed by atoms with Gasteiger partial charge in [-0.1, -0.05) is 59.7 Å². The molecule has 3 N–H and O–H groups in total. The van der Waals surface area contributed by atoms with Crippen LogP contribution in [0.1, 0.15) is 81.5 Å². The van der Waals surface area contributed by atoms with Gasteiger partial charge in [-0.2, -0.15) is 0 Å². The molecule has 2 aromatic carbocycles. The Labute approximate surface area is 185 Å². The number of carbonyl (C=O) groups excluding carboxylic acids is 1. The van der Waals surface area contributed by atoms with E-state index in [4.69, 9.17) is 5.21 Å². The van der Waals surface area contributed by atoms with E-state index >= 15 is 0 Å². The molecule has 0 spiro atoms. The van der Waals surface area contributed by atoms with Crippen LogP contribution < -0.4 is 10.2 Å². The number of carbonyl (C=O) groups is 1. The molecule has 0 saturated carbocycles. The summed E-state index contributed by atoms with van der Waals surface area (Å²) in [6.07, 6.45) is 2.69. The molecule has 6 nitrogen and oxygen atoms in total. The first-order valence-electron chi connectivity index (χ1n) is 10.4. The first-order chi connectivity index (χ1) is 14.5. The van der Waals surface area contributed by atoms with E-state index in [9.17, 15) is 13.2 Å². The van der Waals surface area contributed by atoms with Crippen molar-refractivity contribution in [1.82, 2.24) is 5.48 Å². The normalized spacial score (nSPS) is 12.2. The first kappa shape index (κ1) is 24.6. The molecule has 0 fully saturated rings. The summed E-state index contributed by atoms with van der Waals surface area (Å²) in [5, 5.41) is 8.53. The average Bonchev–Trinajstić information content (AvgIpc) is 2.71. The Kier molecular flexibility index (Phi) is 8.03. The molecule has 2 rings (SSSR count). The molecule has 1 amide bonds. The minimum atomic E-state index is -3.80. The second-order valence-electron chi connectivity index (χ2n) is 8.52. The van der Waals surface area contributed by atoms with Crippen molar-refractivity contribution in [1.29, 1.82) is 0 Å². The Morgan fingerprint density at radius 3 is 1.87 bits per heavy atom. The van der Waals surface area contributed by atoms with Gasteiger partial charge in [-0.15, -0.1) is 0 Å². The molecule has 0 radical (unpaired) electrons. The molecule has 0 bridgehead atoms. The fourth-order valence-corrected chi connectivity index (χ4v) is 4.84. The molecule has 31 heavy (non-hydrogen) atoms. The predicted octanol–water partition coefficient (Wildman–Crippen LogP) is 5.38. The number of hydrogen-bond acceptors (Lipinski definition) is 4. The molecular formula is C24H32N2O4S. The summed E-state index contributed by atoms with van der Waals surface area (Å²) in [5.41, 5.74) is 5.66. The first-order valence-corrected chi connectivity index (χ1v) is 11.9. The lowest BCUT2D eigenvalue weighted by Crippen LogP contribution is -2.17. The van der Waals surface area contributed by atoms with E-state index in [1.807, 2.05) is 26.0 Å².